The smallest absolute Gasteiger partial charge is 0.0650 e. The van der Waals surface area contributed by atoms with Crippen molar-refractivity contribution in [1.82, 2.24) is 0 Å². The molecule has 0 amide bonds. The zero-order valence-corrected chi connectivity index (χ0v) is 8.30. The average molecular weight is 194 g/mol. The predicted octanol–water partition coefficient (Wildman–Crippen LogP) is 1.67. The van der Waals surface area contributed by atoms with E-state index in [9.17, 15) is 0 Å². The second-order valence-electron chi connectivity index (χ2n) is 2.05. The number of halogens is 1. The molecule has 0 unspecified atom stereocenters. The van der Waals surface area contributed by atoms with E-state index in [1.54, 1.807) is 0 Å². The normalized spacial score (nSPS) is 14.6. The quantitative estimate of drug-likeness (QED) is 0.630. The van der Waals surface area contributed by atoms with Gasteiger partial charge >= 0.3 is 0 Å². The Bertz CT molecular complexity index is 152. The third-order valence-electron chi connectivity index (χ3n) is 1.48. The summed E-state index contributed by atoms with van der Waals surface area (Å²) in [7, 11) is 0. The van der Waals surface area contributed by atoms with Gasteiger partial charge in [-0.25, -0.2) is 0 Å². The van der Waals surface area contributed by atoms with Crippen LogP contribution in [0.2, 0.25) is 0 Å². The fourth-order valence-corrected chi connectivity index (χ4v) is 0.846. The number of aliphatic hydroxyl groups excluding tert-OH is 1. The van der Waals surface area contributed by atoms with Gasteiger partial charge in [-0.15, -0.1) is 12.4 Å². The molecule has 0 aliphatic heterocycles. The molecule has 0 saturated carbocycles. The summed E-state index contributed by atoms with van der Waals surface area (Å²) in [6.45, 7) is 2.24. The first-order valence-corrected chi connectivity index (χ1v) is 2.80. The van der Waals surface area contributed by atoms with Gasteiger partial charge in [0.05, 0.1) is 6.61 Å². The molecule has 0 atom stereocenters. The monoisotopic (exact) mass is 194 g/mol. The molecule has 56 valence electrons. The largest absolute Gasteiger partial charge is 0.392 e. The summed E-state index contributed by atoms with van der Waals surface area (Å²) in [5.41, 5.74) is 2.39. The van der Waals surface area contributed by atoms with E-state index in [-0.39, 0.29) is 40.7 Å². The minimum absolute atomic E-state index is 0. The van der Waals surface area contributed by atoms with E-state index in [1.807, 2.05) is 13.0 Å². The number of rotatable bonds is 1. The van der Waals surface area contributed by atoms with Gasteiger partial charge in [0, 0.05) is 21.7 Å². The van der Waals surface area contributed by atoms with Crippen molar-refractivity contribution >= 4 is 12.4 Å². The van der Waals surface area contributed by atoms with Gasteiger partial charge in [0.25, 0.3) is 0 Å². The summed E-state index contributed by atoms with van der Waals surface area (Å²) in [6.07, 6.45) is 5.06. The van der Waals surface area contributed by atoms with Crippen LogP contribution in [0.3, 0.4) is 0 Å². The zero-order chi connectivity index (χ0) is 5.98. The molecule has 1 rings (SSSR count). The Morgan fingerprint density at radius 1 is 1.60 bits per heavy atom. The van der Waals surface area contributed by atoms with Gasteiger partial charge in [-0.3, -0.25) is 0 Å². The van der Waals surface area contributed by atoms with Crippen LogP contribution < -0.4 is 0 Å². The SMILES string of the molecule is CC1=C(CO)CC=C1.Cl.[Ti]. The Hall–Kier alpha value is 0.444. The van der Waals surface area contributed by atoms with Crippen molar-refractivity contribution in [3.63, 3.8) is 0 Å². The van der Waals surface area contributed by atoms with E-state index in [1.165, 1.54) is 5.57 Å². The molecule has 0 spiro atoms. The first kappa shape index (κ1) is 13.1. The average Bonchev–Trinajstić information content (AvgIpc) is 2.14. The van der Waals surface area contributed by atoms with Crippen molar-refractivity contribution in [1.29, 1.82) is 0 Å². The van der Waals surface area contributed by atoms with Crippen LogP contribution in [0.25, 0.3) is 0 Å². The summed E-state index contributed by atoms with van der Waals surface area (Å²) in [4.78, 5) is 0. The van der Waals surface area contributed by atoms with Crippen LogP contribution in [0, 0.1) is 0 Å². The van der Waals surface area contributed by atoms with Gasteiger partial charge in [-0.1, -0.05) is 12.2 Å². The van der Waals surface area contributed by atoms with Crippen molar-refractivity contribution in [3.05, 3.63) is 23.3 Å². The Balaban J connectivity index is 0. The maximum Gasteiger partial charge on any atom is 0.0650 e. The van der Waals surface area contributed by atoms with Gasteiger partial charge in [0.2, 0.25) is 0 Å². The molecule has 1 aliphatic carbocycles. The molecular weight excluding hydrogens is 183 g/mol. The van der Waals surface area contributed by atoms with Crippen LogP contribution in [-0.2, 0) is 21.7 Å². The van der Waals surface area contributed by atoms with E-state index in [0.717, 1.165) is 12.0 Å². The maximum absolute atomic E-state index is 8.64. The fraction of sp³-hybridized carbons (Fsp3) is 0.429. The van der Waals surface area contributed by atoms with Crippen LogP contribution in [0.5, 0.6) is 0 Å². The second kappa shape index (κ2) is 6.17. The molecular formula is C7H11ClOTi. The molecule has 10 heavy (non-hydrogen) atoms. The van der Waals surface area contributed by atoms with E-state index in [4.69, 9.17) is 5.11 Å². The van der Waals surface area contributed by atoms with Gasteiger partial charge in [-0.2, -0.15) is 0 Å². The van der Waals surface area contributed by atoms with Gasteiger partial charge in [0.1, 0.15) is 0 Å². The molecule has 0 aromatic carbocycles. The molecule has 0 aromatic rings. The maximum atomic E-state index is 8.64. The molecule has 0 heterocycles. The van der Waals surface area contributed by atoms with E-state index in [2.05, 4.69) is 6.08 Å². The topological polar surface area (TPSA) is 20.2 Å². The first-order valence-electron chi connectivity index (χ1n) is 2.80. The third kappa shape index (κ3) is 3.02. The molecule has 1 N–H and O–H groups in total. The van der Waals surface area contributed by atoms with Crippen molar-refractivity contribution in [3.8, 4) is 0 Å². The Morgan fingerprint density at radius 3 is 2.40 bits per heavy atom. The van der Waals surface area contributed by atoms with Gasteiger partial charge in [-0.05, 0) is 24.5 Å². The van der Waals surface area contributed by atoms with Crippen molar-refractivity contribution < 1.29 is 26.8 Å². The molecule has 0 saturated heterocycles. The summed E-state index contributed by atoms with van der Waals surface area (Å²) in [5.74, 6) is 0. The number of aliphatic hydroxyl groups is 1. The number of hydrogen-bond donors (Lipinski definition) is 1. The van der Waals surface area contributed by atoms with E-state index < -0.39 is 0 Å². The van der Waals surface area contributed by atoms with Crippen LogP contribution >= 0.6 is 12.4 Å². The molecule has 3 heteroatoms. The predicted molar refractivity (Wildman–Crippen MR) is 40.8 cm³/mol. The van der Waals surface area contributed by atoms with Crippen molar-refractivity contribution in [2.24, 2.45) is 0 Å². The Labute approximate surface area is 82.5 Å². The summed E-state index contributed by atoms with van der Waals surface area (Å²) < 4.78 is 0. The first-order chi connectivity index (χ1) is 3.84. The van der Waals surface area contributed by atoms with Crippen LogP contribution in [0.4, 0.5) is 0 Å². The molecule has 0 aromatic heterocycles. The molecule has 0 radical (unpaired) electrons. The van der Waals surface area contributed by atoms with E-state index >= 15 is 0 Å². The summed E-state index contributed by atoms with van der Waals surface area (Å²) >= 11 is 0. The fourth-order valence-electron chi connectivity index (χ4n) is 0.846. The summed E-state index contributed by atoms with van der Waals surface area (Å²) in [5, 5.41) is 8.64. The molecule has 0 bridgehead atoms. The van der Waals surface area contributed by atoms with Crippen LogP contribution in [0.15, 0.2) is 23.3 Å². The minimum atomic E-state index is 0. The Morgan fingerprint density at radius 2 is 2.20 bits per heavy atom. The zero-order valence-electron chi connectivity index (χ0n) is 5.92. The molecule has 1 nitrogen and oxygen atoms in total. The van der Waals surface area contributed by atoms with Crippen molar-refractivity contribution in [2.45, 2.75) is 13.3 Å². The Kier molecular flexibility index (Phi) is 8.07. The molecule has 0 fully saturated rings. The van der Waals surface area contributed by atoms with Crippen LogP contribution in [0.1, 0.15) is 13.3 Å². The number of allylic oxidation sites excluding steroid dienone is 3. The van der Waals surface area contributed by atoms with Crippen LogP contribution in [-0.4, -0.2) is 11.7 Å². The van der Waals surface area contributed by atoms with E-state index in [0.29, 0.717) is 0 Å². The van der Waals surface area contributed by atoms with Gasteiger partial charge < -0.3 is 5.11 Å². The number of hydrogen-bond acceptors (Lipinski definition) is 1. The minimum Gasteiger partial charge on any atom is -0.392 e. The summed E-state index contributed by atoms with van der Waals surface area (Å²) in [6, 6.07) is 0. The molecule has 1 aliphatic rings. The second-order valence-corrected chi connectivity index (χ2v) is 2.05. The standard InChI is InChI=1S/C7H10O.ClH.Ti/c1-6-3-2-4-7(6)5-8;;/h2-3,8H,4-5H2,1H3;1H;. The van der Waals surface area contributed by atoms with Crippen molar-refractivity contribution in [2.75, 3.05) is 6.61 Å². The van der Waals surface area contributed by atoms with Gasteiger partial charge in [0.15, 0.2) is 0 Å². The third-order valence-corrected chi connectivity index (χ3v) is 1.48.